The van der Waals surface area contributed by atoms with Gasteiger partial charge < -0.3 is 14.8 Å². The van der Waals surface area contributed by atoms with Gasteiger partial charge in [-0.1, -0.05) is 6.08 Å². The average Bonchev–Trinajstić information content (AvgIpc) is 2.17. The van der Waals surface area contributed by atoms with Crippen LogP contribution in [0.2, 0.25) is 0 Å². The van der Waals surface area contributed by atoms with Gasteiger partial charge in [0, 0.05) is 12.6 Å². The van der Waals surface area contributed by atoms with Crippen LogP contribution in [0.4, 0.5) is 0 Å². The Morgan fingerprint density at radius 3 is 2.93 bits per heavy atom. The minimum absolute atomic E-state index is 0.0258. The number of rotatable bonds is 8. The summed E-state index contributed by atoms with van der Waals surface area (Å²) in [6.45, 7) is 9.02. The van der Waals surface area contributed by atoms with Gasteiger partial charge in [-0.25, -0.2) is 4.79 Å². The molecule has 0 aromatic rings. The Balaban J connectivity index is 3.21. The highest BCUT2D eigenvalue weighted by atomic mass is 16.6. The highest BCUT2D eigenvalue weighted by Gasteiger charge is 2.00. The predicted molar refractivity (Wildman–Crippen MR) is 55.1 cm³/mol. The zero-order valence-corrected chi connectivity index (χ0v) is 8.91. The third-order valence-electron chi connectivity index (χ3n) is 1.59. The van der Waals surface area contributed by atoms with Crippen molar-refractivity contribution in [3.8, 4) is 0 Å². The van der Waals surface area contributed by atoms with Crippen LogP contribution in [0.3, 0.4) is 0 Å². The standard InChI is InChI=1S/C10H19NO3/c1-4-9(3)11-6-7-13-8-10(12)14-5-2/h4,9,11H,1,5-8H2,2-3H3. The Hall–Kier alpha value is -0.870. The smallest absolute Gasteiger partial charge is 0.332 e. The van der Waals surface area contributed by atoms with Crippen molar-refractivity contribution in [3.05, 3.63) is 12.7 Å². The van der Waals surface area contributed by atoms with Crippen molar-refractivity contribution in [2.45, 2.75) is 19.9 Å². The van der Waals surface area contributed by atoms with Gasteiger partial charge in [0.15, 0.2) is 0 Å². The van der Waals surface area contributed by atoms with E-state index in [-0.39, 0.29) is 18.6 Å². The van der Waals surface area contributed by atoms with E-state index >= 15 is 0 Å². The number of carbonyl (C=O) groups is 1. The van der Waals surface area contributed by atoms with E-state index in [1.54, 1.807) is 6.92 Å². The molecule has 0 saturated heterocycles. The van der Waals surface area contributed by atoms with Crippen molar-refractivity contribution in [1.29, 1.82) is 0 Å². The normalized spacial score (nSPS) is 12.1. The predicted octanol–water partition coefficient (Wildman–Crippen LogP) is 0.730. The number of hydrogen-bond donors (Lipinski definition) is 1. The van der Waals surface area contributed by atoms with Crippen LogP contribution in [0, 0.1) is 0 Å². The summed E-state index contributed by atoms with van der Waals surface area (Å²) in [5.41, 5.74) is 0. The third-order valence-corrected chi connectivity index (χ3v) is 1.59. The summed E-state index contributed by atoms with van der Waals surface area (Å²) in [4.78, 5) is 10.8. The van der Waals surface area contributed by atoms with Crippen LogP contribution in [-0.4, -0.2) is 38.4 Å². The summed E-state index contributed by atoms with van der Waals surface area (Å²) in [7, 11) is 0. The van der Waals surface area contributed by atoms with Gasteiger partial charge in [0.25, 0.3) is 0 Å². The lowest BCUT2D eigenvalue weighted by Gasteiger charge is -2.08. The van der Waals surface area contributed by atoms with Crippen LogP contribution in [-0.2, 0) is 14.3 Å². The summed E-state index contributed by atoms with van der Waals surface area (Å²) in [5, 5.41) is 3.14. The van der Waals surface area contributed by atoms with Gasteiger partial charge in [0.05, 0.1) is 13.2 Å². The van der Waals surface area contributed by atoms with E-state index in [0.29, 0.717) is 19.8 Å². The molecule has 0 saturated carbocycles. The van der Waals surface area contributed by atoms with E-state index in [1.165, 1.54) is 0 Å². The molecule has 0 heterocycles. The average molecular weight is 201 g/mol. The van der Waals surface area contributed by atoms with Gasteiger partial charge in [0.1, 0.15) is 6.61 Å². The van der Waals surface area contributed by atoms with E-state index in [1.807, 2.05) is 13.0 Å². The second-order valence-corrected chi connectivity index (χ2v) is 2.84. The van der Waals surface area contributed by atoms with Crippen molar-refractivity contribution in [1.82, 2.24) is 5.32 Å². The van der Waals surface area contributed by atoms with E-state index < -0.39 is 0 Å². The Morgan fingerprint density at radius 2 is 2.36 bits per heavy atom. The lowest BCUT2D eigenvalue weighted by molar-refractivity contribution is -0.148. The highest BCUT2D eigenvalue weighted by molar-refractivity contribution is 5.70. The maximum absolute atomic E-state index is 10.8. The largest absolute Gasteiger partial charge is 0.464 e. The number of ether oxygens (including phenoxy) is 2. The van der Waals surface area contributed by atoms with E-state index in [0.717, 1.165) is 0 Å². The summed E-state index contributed by atoms with van der Waals surface area (Å²) in [6.07, 6.45) is 1.81. The fraction of sp³-hybridized carbons (Fsp3) is 0.700. The van der Waals surface area contributed by atoms with E-state index in [4.69, 9.17) is 9.47 Å². The van der Waals surface area contributed by atoms with Crippen LogP contribution in [0.25, 0.3) is 0 Å². The van der Waals surface area contributed by atoms with Crippen molar-refractivity contribution in [2.75, 3.05) is 26.4 Å². The summed E-state index contributed by atoms with van der Waals surface area (Å²) in [5.74, 6) is -0.315. The third kappa shape index (κ3) is 7.76. The first-order valence-electron chi connectivity index (χ1n) is 4.80. The summed E-state index contributed by atoms with van der Waals surface area (Å²) < 4.78 is 9.76. The van der Waals surface area contributed by atoms with Gasteiger partial charge in [0.2, 0.25) is 0 Å². The topological polar surface area (TPSA) is 47.6 Å². The Kier molecular flexibility index (Phi) is 8.17. The molecule has 82 valence electrons. The van der Waals surface area contributed by atoms with Gasteiger partial charge in [-0.05, 0) is 13.8 Å². The van der Waals surface area contributed by atoms with Crippen LogP contribution in [0.5, 0.6) is 0 Å². The molecule has 0 radical (unpaired) electrons. The Labute approximate surface area is 85.3 Å². The molecule has 1 atom stereocenters. The van der Waals surface area contributed by atoms with Gasteiger partial charge >= 0.3 is 5.97 Å². The first-order chi connectivity index (χ1) is 6.70. The minimum atomic E-state index is -0.315. The molecule has 0 aliphatic heterocycles. The van der Waals surface area contributed by atoms with Gasteiger partial charge in [-0.3, -0.25) is 0 Å². The Morgan fingerprint density at radius 1 is 1.64 bits per heavy atom. The molecule has 4 heteroatoms. The molecule has 1 unspecified atom stereocenters. The van der Waals surface area contributed by atoms with Gasteiger partial charge in [-0.2, -0.15) is 0 Å². The quantitative estimate of drug-likeness (QED) is 0.357. The summed E-state index contributed by atoms with van der Waals surface area (Å²) in [6, 6.07) is 0.265. The first-order valence-corrected chi connectivity index (χ1v) is 4.80. The lowest BCUT2D eigenvalue weighted by atomic mass is 10.3. The maximum Gasteiger partial charge on any atom is 0.332 e. The van der Waals surface area contributed by atoms with Crippen LogP contribution in [0.1, 0.15) is 13.8 Å². The molecule has 0 rings (SSSR count). The molecule has 14 heavy (non-hydrogen) atoms. The second kappa shape index (κ2) is 8.72. The van der Waals surface area contributed by atoms with Gasteiger partial charge in [-0.15, -0.1) is 6.58 Å². The molecule has 0 amide bonds. The van der Waals surface area contributed by atoms with Crippen LogP contribution in [0.15, 0.2) is 12.7 Å². The minimum Gasteiger partial charge on any atom is -0.464 e. The molecular weight excluding hydrogens is 182 g/mol. The van der Waals surface area contributed by atoms with Crippen molar-refractivity contribution in [3.63, 3.8) is 0 Å². The lowest BCUT2D eigenvalue weighted by Crippen LogP contribution is -2.28. The zero-order chi connectivity index (χ0) is 10.8. The molecule has 0 fully saturated rings. The maximum atomic E-state index is 10.8. The second-order valence-electron chi connectivity index (χ2n) is 2.84. The fourth-order valence-electron chi connectivity index (χ4n) is 0.800. The molecule has 1 N–H and O–H groups in total. The SMILES string of the molecule is C=CC(C)NCCOCC(=O)OCC. The monoisotopic (exact) mass is 201 g/mol. The molecule has 0 aromatic carbocycles. The van der Waals surface area contributed by atoms with Crippen molar-refractivity contribution < 1.29 is 14.3 Å². The van der Waals surface area contributed by atoms with Crippen molar-refractivity contribution in [2.24, 2.45) is 0 Å². The Bertz CT molecular complexity index is 171. The van der Waals surface area contributed by atoms with E-state index in [2.05, 4.69) is 11.9 Å². The molecule has 0 aliphatic rings. The fourth-order valence-corrected chi connectivity index (χ4v) is 0.800. The number of nitrogens with one attached hydrogen (secondary N) is 1. The molecule has 0 aromatic heterocycles. The van der Waals surface area contributed by atoms with Crippen LogP contribution < -0.4 is 5.32 Å². The highest BCUT2D eigenvalue weighted by Crippen LogP contribution is 1.83. The molecule has 0 bridgehead atoms. The number of carbonyl (C=O) groups excluding carboxylic acids is 1. The van der Waals surface area contributed by atoms with Crippen LogP contribution >= 0.6 is 0 Å². The number of esters is 1. The molecular formula is C10H19NO3. The molecule has 4 nitrogen and oxygen atoms in total. The van der Waals surface area contributed by atoms with Crippen molar-refractivity contribution >= 4 is 5.97 Å². The van der Waals surface area contributed by atoms with E-state index in [9.17, 15) is 4.79 Å². The number of hydrogen-bond acceptors (Lipinski definition) is 4. The molecule has 0 aliphatic carbocycles. The zero-order valence-electron chi connectivity index (χ0n) is 8.91. The summed E-state index contributed by atoms with van der Waals surface area (Å²) >= 11 is 0. The first kappa shape index (κ1) is 13.1. The molecule has 0 spiro atoms.